The van der Waals surface area contributed by atoms with E-state index in [4.69, 9.17) is 9.47 Å². The van der Waals surface area contributed by atoms with Crippen LogP contribution >= 0.6 is 0 Å². The maximum absolute atomic E-state index is 12.1. The molecule has 0 unspecified atom stereocenters. The zero-order valence-electron chi connectivity index (χ0n) is 14.4. The van der Waals surface area contributed by atoms with Crippen LogP contribution in [0.25, 0.3) is 0 Å². The number of hydrazine groups is 1. The Morgan fingerprint density at radius 2 is 1.72 bits per heavy atom. The summed E-state index contributed by atoms with van der Waals surface area (Å²) < 4.78 is 10.5. The van der Waals surface area contributed by atoms with Crippen LogP contribution in [0.2, 0.25) is 0 Å². The summed E-state index contributed by atoms with van der Waals surface area (Å²) in [6.07, 6.45) is 0. The molecular formula is C18H21N3O4. The third kappa shape index (κ3) is 5.13. The quantitative estimate of drug-likeness (QED) is 0.779. The minimum absolute atomic E-state index is 0.252. The fraction of sp³-hybridized carbons (Fsp3) is 0.222. The zero-order valence-corrected chi connectivity index (χ0v) is 14.4. The van der Waals surface area contributed by atoms with Crippen LogP contribution in [-0.4, -0.2) is 39.6 Å². The summed E-state index contributed by atoms with van der Waals surface area (Å²) in [5, 5.41) is 0. The number of hydrogen-bond donors (Lipinski definition) is 2. The van der Waals surface area contributed by atoms with Crippen LogP contribution in [0.3, 0.4) is 0 Å². The van der Waals surface area contributed by atoms with Crippen molar-refractivity contribution >= 4 is 17.5 Å². The predicted molar refractivity (Wildman–Crippen MR) is 94.9 cm³/mol. The minimum atomic E-state index is -0.483. The molecule has 2 N–H and O–H groups in total. The largest absolute Gasteiger partial charge is 0.493 e. The maximum atomic E-state index is 12.1. The lowest BCUT2D eigenvalue weighted by Crippen LogP contribution is -2.43. The Balaban J connectivity index is 1.85. The second kappa shape index (κ2) is 8.58. The number of nitrogens with one attached hydrogen (secondary N) is 2. The van der Waals surface area contributed by atoms with Crippen LogP contribution in [0.4, 0.5) is 5.69 Å². The average molecular weight is 343 g/mol. The van der Waals surface area contributed by atoms with Crippen LogP contribution in [0.5, 0.6) is 11.5 Å². The Kier molecular flexibility index (Phi) is 6.22. The van der Waals surface area contributed by atoms with Gasteiger partial charge in [0, 0.05) is 25.3 Å². The van der Waals surface area contributed by atoms with Crippen molar-refractivity contribution in [1.82, 2.24) is 10.9 Å². The minimum Gasteiger partial charge on any atom is -0.493 e. The van der Waals surface area contributed by atoms with Crippen LogP contribution in [0.1, 0.15) is 10.4 Å². The van der Waals surface area contributed by atoms with Crippen molar-refractivity contribution in [2.24, 2.45) is 0 Å². The molecule has 0 aromatic heterocycles. The van der Waals surface area contributed by atoms with Crippen molar-refractivity contribution < 1.29 is 19.1 Å². The SMILES string of the molecule is COc1ccccc1OCC(=O)NNC(=O)c1cccc(N(C)C)c1. The highest BCUT2D eigenvalue weighted by molar-refractivity contribution is 5.96. The second-order valence-electron chi connectivity index (χ2n) is 5.39. The normalized spacial score (nSPS) is 9.88. The van der Waals surface area contributed by atoms with Gasteiger partial charge in [0.1, 0.15) is 0 Å². The first-order valence-corrected chi connectivity index (χ1v) is 7.63. The summed E-state index contributed by atoms with van der Waals surface area (Å²) in [7, 11) is 5.28. The molecule has 0 fully saturated rings. The number of amides is 2. The standard InChI is InChI=1S/C18H21N3O4/c1-21(2)14-8-6-7-13(11-14)18(23)20-19-17(22)12-25-16-10-5-4-9-15(16)24-3/h4-11H,12H2,1-3H3,(H,19,22)(H,20,23). The Morgan fingerprint density at radius 3 is 2.40 bits per heavy atom. The third-order valence-corrected chi connectivity index (χ3v) is 3.37. The van der Waals surface area contributed by atoms with Crippen LogP contribution in [-0.2, 0) is 4.79 Å². The summed E-state index contributed by atoms with van der Waals surface area (Å²) in [4.78, 5) is 25.8. The number of para-hydroxylation sites is 2. The van der Waals surface area contributed by atoms with Gasteiger partial charge in [-0.3, -0.25) is 20.4 Å². The van der Waals surface area contributed by atoms with Gasteiger partial charge < -0.3 is 14.4 Å². The number of rotatable bonds is 6. The van der Waals surface area contributed by atoms with Crippen molar-refractivity contribution in [3.63, 3.8) is 0 Å². The third-order valence-electron chi connectivity index (χ3n) is 3.37. The van der Waals surface area contributed by atoms with E-state index in [1.165, 1.54) is 7.11 Å². The van der Waals surface area contributed by atoms with E-state index in [1.807, 2.05) is 25.1 Å². The summed E-state index contributed by atoms with van der Waals surface area (Å²) in [5.74, 6) is 0.0855. The van der Waals surface area contributed by atoms with E-state index >= 15 is 0 Å². The van der Waals surface area contributed by atoms with Gasteiger partial charge in [-0.2, -0.15) is 0 Å². The van der Waals surface area contributed by atoms with Crippen LogP contribution < -0.4 is 25.2 Å². The maximum Gasteiger partial charge on any atom is 0.276 e. The molecule has 2 aromatic rings. The summed E-state index contributed by atoms with van der Waals surface area (Å²) in [5.41, 5.74) is 6.01. The number of anilines is 1. The molecule has 2 amide bonds. The van der Waals surface area contributed by atoms with E-state index in [2.05, 4.69) is 10.9 Å². The number of methoxy groups -OCH3 is 1. The first-order chi connectivity index (χ1) is 12.0. The molecule has 0 aliphatic heterocycles. The smallest absolute Gasteiger partial charge is 0.276 e. The molecule has 0 bridgehead atoms. The predicted octanol–water partition coefficient (Wildman–Crippen LogP) is 1.60. The van der Waals surface area contributed by atoms with Crippen LogP contribution in [0, 0.1) is 0 Å². The molecule has 25 heavy (non-hydrogen) atoms. The first-order valence-electron chi connectivity index (χ1n) is 7.63. The summed E-state index contributed by atoms with van der Waals surface area (Å²) >= 11 is 0. The molecule has 0 radical (unpaired) electrons. The average Bonchev–Trinajstić information content (AvgIpc) is 2.64. The van der Waals surface area contributed by atoms with Gasteiger partial charge in [-0.05, 0) is 30.3 Å². The van der Waals surface area contributed by atoms with Gasteiger partial charge in [-0.15, -0.1) is 0 Å². The van der Waals surface area contributed by atoms with E-state index in [9.17, 15) is 9.59 Å². The van der Waals surface area contributed by atoms with E-state index in [0.29, 0.717) is 17.1 Å². The topological polar surface area (TPSA) is 79.9 Å². The van der Waals surface area contributed by atoms with Crippen molar-refractivity contribution in [3.8, 4) is 11.5 Å². The monoisotopic (exact) mass is 343 g/mol. The summed E-state index contributed by atoms with van der Waals surface area (Å²) in [6, 6.07) is 14.0. The fourth-order valence-electron chi connectivity index (χ4n) is 2.04. The lowest BCUT2D eigenvalue weighted by atomic mass is 10.2. The van der Waals surface area contributed by atoms with Crippen LogP contribution in [0.15, 0.2) is 48.5 Å². The van der Waals surface area contributed by atoms with Crippen molar-refractivity contribution in [3.05, 3.63) is 54.1 Å². The summed E-state index contributed by atoms with van der Waals surface area (Å²) in [6.45, 7) is -0.252. The molecular weight excluding hydrogens is 322 g/mol. The van der Waals surface area contributed by atoms with Gasteiger partial charge in [0.25, 0.3) is 11.8 Å². The number of hydrogen-bond acceptors (Lipinski definition) is 5. The molecule has 0 spiro atoms. The number of carbonyl (C=O) groups excluding carboxylic acids is 2. The zero-order chi connectivity index (χ0) is 18.2. The van der Waals surface area contributed by atoms with Gasteiger partial charge in [-0.1, -0.05) is 18.2 Å². The molecule has 0 saturated heterocycles. The molecule has 7 heteroatoms. The van der Waals surface area contributed by atoms with E-state index in [0.717, 1.165) is 5.69 Å². The molecule has 0 heterocycles. The first kappa shape index (κ1) is 18.1. The van der Waals surface area contributed by atoms with Gasteiger partial charge in [0.15, 0.2) is 18.1 Å². The Labute approximate surface area is 146 Å². The fourth-order valence-corrected chi connectivity index (χ4v) is 2.04. The number of ether oxygens (including phenoxy) is 2. The van der Waals surface area contributed by atoms with Gasteiger partial charge in [-0.25, -0.2) is 0 Å². The van der Waals surface area contributed by atoms with Gasteiger partial charge in [0.2, 0.25) is 0 Å². The van der Waals surface area contributed by atoms with E-state index < -0.39 is 11.8 Å². The number of carbonyl (C=O) groups is 2. The highest BCUT2D eigenvalue weighted by Gasteiger charge is 2.10. The molecule has 132 valence electrons. The Morgan fingerprint density at radius 1 is 1.00 bits per heavy atom. The number of benzene rings is 2. The molecule has 0 aliphatic carbocycles. The highest BCUT2D eigenvalue weighted by Crippen LogP contribution is 2.25. The van der Waals surface area contributed by atoms with Crippen molar-refractivity contribution in [2.45, 2.75) is 0 Å². The highest BCUT2D eigenvalue weighted by atomic mass is 16.5. The van der Waals surface area contributed by atoms with Gasteiger partial charge in [0.05, 0.1) is 7.11 Å². The molecule has 2 rings (SSSR count). The van der Waals surface area contributed by atoms with Crippen molar-refractivity contribution in [1.29, 1.82) is 0 Å². The van der Waals surface area contributed by atoms with Crippen molar-refractivity contribution in [2.75, 3.05) is 32.7 Å². The molecule has 0 aliphatic rings. The lowest BCUT2D eigenvalue weighted by Gasteiger charge is -2.14. The molecule has 0 atom stereocenters. The Hall–Kier alpha value is -3.22. The van der Waals surface area contributed by atoms with Gasteiger partial charge >= 0.3 is 0 Å². The molecule has 2 aromatic carbocycles. The molecule has 7 nitrogen and oxygen atoms in total. The molecule has 0 saturated carbocycles. The van der Waals surface area contributed by atoms with E-state index in [-0.39, 0.29) is 6.61 Å². The van der Waals surface area contributed by atoms with E-state index in [1.54, 1.807) is 42.5 Å². The lowest BCUT2D eigenvalue weighted by molar-refractivity contribution is -0.123. The Bertz CT molecular complexity index is 747. The second-order valence-corrected chi connectivity index (χ2v) is 5.39. The number of nitrogens with zero attached hydrogens (tertiary/aromatic N) is 1.